The maximum absolute atomic E-state index is 12.0. The maximum atomic E-state index is 12.0. The molecule has 0 saturated heterocycles. The Morgan fingerprint density at radius 1 is 1.32 bits per heavy atom. The number of cyclic esters (lactones) is 1. The number of phenolic OH excluding ortho intramolecular Hbond substituents is 1. The quantitative estimate of drug-likeness (QED) is 0.211. The summed E-state index contributed by atoms with van der Waals surface area (Å²) in [6.07, 6.45) is 5.31. The van der Waals surface area contributed by atoms with Crippen molar-refractivity contribution in [1.82, 2.24) is 0 Å². The van der Waals surface area contributed by atoms with Crippen LogP contribution in [0.1, 0.15) is 61.2 Å². The number of carbonyl (C=O) groups excluding carboxylic acids is 1. The van der Waals surface area contributed by atoms with Gasteiger partial charge in [-0.2, -0.15) is 0 Å². The van der Waals surface area contributed by atoms with Crippen LogP contribution < -0.4 is 4.74 Å². The second kappa shape index (κ2) is 12.7. The van der Waals surface area contributed by atoms with Gasteiger partial charge in [0.25, 0.3) is 0 Å². The summed E-state index contributed by atoms with van der Waals surface area (Å²) < 4.78 is 27.0. The fraction of sp³-hybridized carbons (Fsp3) is 0.500. The van der Waals surface area contributed by atoms with E-state index in [1.54, 1.807) is 32.9 Å². The van der Waals surface area contributed by atoms with E-state index in [0.717, 1.165) is 11.1 Å². The number of esters is 1. The number of fused-ring (bicyclic) bond motifs is 1. The Labute approximate surface area is 200 Å². The lowest BCUT2D eigenvalue weighted by atomic mass is 9.93. The van der Waals surface area contributed by atoms with Crippen molar-refractivity contribution in [1.29, 1.82) is 0 Å². The van der Waals surface area contributed by atoms with Gasteiger partial charge in [0.15, 0.2) is 0 Å². The van der Waals surface area contributed by atoms with Crippen molar-refractivity contribution in [2.75, 3.05) is 19.9 Å². The molecule has 1 aliphatic heterocycles. The van der Waals surface area contributed by atoms with Crippen molar-refractivity contribution in [2.24, 2.45) is 5.92 Å². The van der Waals surface area contributed by atoms with Crippen LogP contribution in [0, 0.1) is 12.8 Å². The van der Waals surface area contributed by atoms with Crippen LogP contribution in [0.25, 0.3) is 0 Å². The molecule has 0 fully saturated rings. The van der Waals surface area contributed by atoms with Gasteiger partial charge in [-0.3, -0.25) is 9.36 Å². The van der Waals surface area contributed by atoms with Crippen molar-refractivity contribution in [3.05, 3.63) is 46.1 Å². The Morgan fingerprint density at radius 3 is 2.59 bits per heavy atom. The van der Waals surface area contributed by atoms with Crippen LogP contribution in [-0.2, 0) is 31.6 Å². The second-order valence-corrected chi connectivity index (χ2v) is 9.75. The molecule has 0 aliphatic carbocycles. The van der Waals surface area contributed by atoms with Gasteiger partial charge in [-0.1, -0.05) is 31.2 Å². The number of hydrogen-bond donors (Lipinski definition) is 3. The number of phenols is 1. The maximum Gasteiger partial charge on any atom is 0.342 e. The molecule has 3 N–H and O–H groups in total. The lowest BCUT2D eigenvalue weighted by Gasteiger charge is -2.16. The summed E-state index contributed by atoms with van der Waals surface area (Å²) >= 11 is 0. The van der Waals surface area contributed by atoms with E-state index in [0.29, 0.717) is 16.9 Å². The van der Waals surface area contributed by atoms with Crippen molar-refractivity contribution in [3.63, 3.8) is 0 Å². The number of aromatic hydroxyl groups is 1. The standard InChI is InChI=1S/C23H31O9P.CH4/c1-5-32-33(28,29)11-7-6-8-16(22(25)26)12-14(2)9-10-17-20(24)19-18(13-31-23(19)27)15(3)21(17)30-4;/h6-7,9,16,24H,5,8,10-13H2,1-4H3,(H,25,26)(H,28,29);1H4/b7-6+,14-9+;. The minimum absolute atomic E-state index is 0. The summed E-state index contributed by atoms with van der Waals surface area (Å²) in [4.78, 5) is 33.3. The Balaban J connectivity index is 0.00000578. The summed E-state index contributed by atoms with van der Waals surface area (Å²) in [5.74, 6) is -2.01. The molecular formula is C24H35O9P. The summed E-state index contributed by atoms with van der Waals surface area (Å²) in [6.45, 7) is 5.41. The van der Waals surface area contributed by atoms with E-state index in [-0.39, 0.29) is 57.4 Å². The van der Waals surface area contributed by atoms with E-state index in [9.17, 15) is 29.3 Å². The Morgan fingerprint density at radius 2 is 2.00 bits per heavy atom. The molecule has 1 aromatic carbocycles. The number of benzene rings is 1. The van der Waals surface area contributed by atoms with Gasteiger partial charge in [-0.25, -0.2) is 4.79 Å². The molecule has 190 valence electrons. The van der Waals surface area contributed by atoms with Crippen LogP contribution in [0.5, 0.6) is 11.5 Å². The highest BCUT2D eigenvalue weighted by Gasteiger charge is 2.32. The van der Waals surface area contributed by atoms with Gasteiger partial charge < -0.3 is 29.1 Å². The zero-order valence-electron chi connectivity index (χ0n) is 19.3. The van der Waals surface area contributed by atoms with Crippen molar-refractivity contribution >= 4 is 19.5 Å². The molecule has 0 bridgehead atoms. The number of carboxylic acids is 1. The first-order valence-corrected chi connectivity index (χ1v) is 12.4. The third-order valence-corrected chi connectivity index (χ3v) is 6.81. The van der Waals surface area contributed by atoms with Gasteiger partial charge in [-0.05, 0) is 45.6 Å². The van der Waals surface area contributed by atoms with Gasteiger partial charge in [0, 0.05) is 11.1 Å². The highest BCUT2D eigenvalue weighted by molar-refractivity contribution is 7.53. The van der Waals surface area contributed by atoms with Crippen LogP contribution >= 0.6 is 7.60 Å². The van der Waals surface area contributed by atoms with Gasteiger partial charge in [0.05, 0.1) is 25.8 Å². The van der Waals surface area contributed by atoms with E-state index < -0.39 is 25.5 Å². The predicted octanol–water partition coefficient (Wildman–Crippen LogP) is 4.76. The molecule has 0 radical (unpaired) electrons. The monoisotopic (exact) mass is 498 g/mol. The Bertz CT molecular complexity index is 1010. The average molecular weight is 499 g/mol. The second-order valence-electron chi connectivity index (χ2n) is 7.85. The summed E-state index contributed by atoms with van der Waals surface area (Å²) in [6, 6.07) is 0. The number of ether oxygens (including phenoxy) is 2. The minimum atomic E-state index is -3.69. The SMILES string of the molecule is C.CCOP(=O)(O)C/C=C/CC(C/C(C)=C/Cc1c(O)c2c(c(C)c1OC)COC2=O)C(=O)O. The summed E-state index contributed by atoms with van der Waals surface area (Å²) in [7, 11) is -2.21. The third-order valence-electron chi connectivity index (χ3n) is 5.47. The molecule has 0 spiro atoms. The number of methoxy groups -OCH3 is 1. The lowest BCUT2D eigenvalue weighted by molar-refractivity contribution is -0.141. The number of allylic oxidation sites excluding steroid dienone is 4. The predicted molar refractivity (Wildman–Crippen MR) is 129 cm³/mol. The molecule has 2 unspecified atom stereocenters. The Kier molecular flexibility index (Phi) is 11.0. The first kappa shape index (κ1) is 29.4. The van der Waals surface area contributed by atoms with Gasteiger partial charge in [0.2, 0.25) is 0 Å². The largest absolute Gasteiger partial charge is 0.507 e. The lowest BCUT2D eigenvalue weighted by Crippen LogP contribution is -2.13. The van der Waals surface area contributed by atoms with Gasteiger partial charge in [-0.15, -0.1) is 0 Å². The molecule has 2 atom stereocenters. The van der Waals surface area contributed by atoms with Gasteiger partial charge in [0.1, 0.15) is 23.7 Å². The number of aliphatic carboxylic acids is 1. The molecule has 2 rings (SSSR count). The Hall–Kier alpha value is -2.61. The van der Waals surface area contributed by atoms with Crippen LogP contribution in [0.4, 0.5) is 0 Å². The van der Waals surface area contributed by atoms with Crippen LogP contribution in [0.2, 0.25) is 0 Å². The average Bonchev–Trinajstić information content (AvgIpc) is 3.13. The van der Waals surface area contributed by atoms with E-state index >= 15 is 0 Å². The highest BCUT2D eigenvalue weighted by Crippen LogP contribution is 2.42. The fourth-order valence-electron chi connectivity index (χ4n) is 3.77. The molecule has 10 heteroatoms. The van der Waals surface area contributed by atoms with E-state index in [1.165, 1.54) is 13.2 Å². The number of carbonyl (C=O) groups is 2. The smallest absolute Gasteiger partial charge is 0.342 e. The molecule has 9 nitrogen and oxygen atoms in total. The molecule has 1 aliphatic rings. The normalized spacial score (nSPS) is 15.9. The zero-order chi connectivity index (χ0) is 24.8. The molecule has 34 heavy (non-hydrogen) atoms. The molecule has 1 heterocycles. The summed E-state index contributed by atoms with van der Waals surface area (Å²) in [5, 5.41) is 20.2. The molecule has 1 aromatic rings. The fourth-order valence-corrected chi connectivity index (χ4v) is 4.69. The van der Waals surface area contributed by atoms with Crippen LogP contribution in [0.3, 0.4) is 0 Å². The van der Waals surface area contributed by atoms with E-state index in [1.807, 2.05) is 0 Å². The minimum Gasteiger partial charge on any atom is -0.507 e. The van der Waals surface area contributed by atoms with Crippen molar-refractivity contribution in [3.8, 4) is 11.5 Å². The highest BCUT2D eigenvalue weighted by atomic mass is 31.2. The van der Waals surface area contributed by atoms with Crippen molar-refractivity contribution in [2.45, 2.75) is 54.1 Å². The van der Waals surface area contributed by atoms with Crippen LogP contribution in [-0.4, -0.2) is 46.9 Å². The molecule has 0 amide bonds. The first-order valence-electron chi connectivity index (χ1n) is 10.6. The first-order chi connectivity index (χ1) is 15.5. The topological polar surface area (TPSA) is 140 Å². The zero-order valence-corrected chi connectivity index (χ0v) is 20.2. The number of hydrogen-bond acceptors (Lipinski definition) is 7. The van der Waals surface area contributed by atoms with E-state index in [2.05, 4.69) is 0 Å². The number of rotatable bonds is 12. The molecule has 0 aromatic heterocycles. The van der Waals surface area contributed by atoms with E-state index in [4.69, 9.17) is 14.0 Å². The number of carboxylic acid groups (broad SMARTS) is 1. The van der Waals surface area contributed by atoms with Gasteiger partial charge >= 0.3 is 19.5 Å². The molecule has 0 saturated carbocycles. The van der Waals surface area contributed by atoms with Crippen molar-refractivity contribution < 1.29 is 43.3 Å². The molecular weight excluding hydrogens is 463 g/mol. The van der Waals surface area contributed by atoms with Crippen LogP contribution in [0.15, 0.2) is 23.8 Å². The third kappa shape index (κ3) is 7.19. The summed E-state index contributed by atoms with van der Waals surface area (Å²) in [5.41, 5.74) is 2.69.